The Morgan fingerprint density at radius 3 is 2.81 bits per heavy atom. The van der Waals surface area contributed by atoms with E-state index in [-0.39, 0.29) is 17.4 Å². The average Bonchev–Trinajstić information content (AvgIpc) is 2.62. The second-order valence-electron chi connectivity index (χ2n) is 3.31. The topological polar surface area (TPSA) is 94.0 Å². The molecule has 1 amide bonds. The van der Waals surface area contributed by atoms with Crippen LogP contribution in [0.15, 0.2) is 4.52 Å². The molecule has 0 aliphatic heterocycles. The molecule has 7 heteroatoms. The maximum atomic E-state index is 11.6. The fourth-order valence-corrected chi connectivity index (χ4v) is 1.49. The normalized spacial score (nSPS) is 12.1. The molecule has 0 aliphatic carbocycles. The van der Waals surface area contributed by atoms with Gasteiger partial charge in [0.1, 0.15) is 0 Å². The number of rotatable bonds is 5. The third-order valence-corrected chi connectivity index (χ3v) is 2.34. The molecule has 6 nitrogen and oxygen atoms in total. The fourth-order valence-electron chi connectivity index (χ4n) is 1.22. The molecule has 16 heavy (non-hydrogen) atoms. The van der Waals surface area contributed by atoms with Crippen molar-refractivity contribution < 1.29 is 9.32 Å². The molecule has 0 aliphatic rings. The summed E-state index contributed by atoms with van der Waals surface area (Å²) in [5, 5.41) is 6.31. The minimum atomic E-state index is -0.442. The van der Waals surface area contributed by atoms with Crippen molar-refractivity contribution in [1.82, 2.24) is 15.5 Å². The highest BCUT2D eigenvalue weighted by molar-refractivity contribution is 7.80. The second-order valence-corrected chi connectivity index (χ2v) is 3.78. The SMILES string of the molecule is CCC(C(=O)NCc1noc(C)n1)C(N)=S. The molecule has 1 rings (SSSR count). The zero-order chi connectivity index (χ0) is 12.1. The van der Waals surface area contributed by atoms with Crippen molar-refractivity contribution in [1.29, 1.82) is 0 Å². The van der Waals surface area contributed by atoms with Crippen molar-refractivity contribution in [3.05, 3.63) is 11.7 Å². The number of nitrogens with zero attached hydrogens (tertiary/aromatic N) is 2. The van der Waals surface area contributed by atoms with E-state index >= 15 is 0 Å². The van der Waals surface area contributed by atoms with E-state index in [4.69, 9.17) is 22.5 Å². The molecule has 1 aromatic rings. The minimum Gasteiger partial charge on any atom is -0.393 e. The molecule has 1 aromatic heterocycles. The predicted molar refractivity (Wildman–Crippen MR) is 61.4 cm³/mol. The Balaban J connectivity index is 2.49. The van der Waals surface area contributed by atoms with E-state index in [9.17, 15) is 4.79 Å². The van der Waals surface area contributed by atoms with Crippen molar-refractivity contribution in [2.45, 2.75) is 26.8 Å². The van der Waals surface area contributed by atoms with Crippen molar-refractivity contribution in [2.24, 2.45) is 11.7 Å². The van der Waals surface area contributed by atoms with Crippen LogP contribution in [0.2, 0.25) is 0 Å². The van der Waals surface area contributed by atoms with E-state index in [1.54, 1.807) is 6.92 Å². The number of aromatic nitrogens is 2. The van der Waals surface area contributed by atoms with Gasteiger partial charge in [-0.1, -0.05) is 24.3 Å². The third kappa shape index (κ3) is 3.27. The molecule has 0 spiro atoms. The lowest BCUT2D eigenvalue weighted by Crippen LogP contribution is -2.37. The van der Waals surface area contributed by atoms with Gasteiger partial charge in [0.15, 0.2) is 5.82 Å². The van der Waals surface area contributed by atoms with Gasteiger partial charge in [-0.2, -0.15) is 4.98 Å². The predicted octanol–water partition coefficient (Wildman–Crippen LogP) is 0.307. The van der Waals surface area contributed by atoms with Gasteiger partial charge in [0.25, 0.3) is 0 Å². The van der Waals surface area contributed by atoms with Crippen LogP contribution in [0.5, 0.6) is 0 Å². The molecule has 1 heterocycles. The number of carbonyl (C=O) groups excluding carboxylic acids is 1. The van der Waals surface area contributed by atoms with Gasteiger partial charge in [-0.05, 0) is 6.42 Å². The van der Waals surface area contributed by atoms with Gasteiger partial charge < -0.3 is 15.6 Å². The van der Waals surface area contributed by atoms with Crippen LogP contribution in [-0.4, -0.2) is 21.0 Å². The zero-order valence-electron chi connectivity index (χ0n) is 9.19. The first-order valence-electron chi connectivity index (χ1n) is 4.90. The number of amides is 1. The monoisotopic (exact) mass is 242 g/mol. The van der Waals surface area contributed by atoms with Crippen LogP contribution in [0.3, 0.4) is 0 Å². The summed E-state index contributed by atoms with van der Waals surface area (Å²) < 4.78 is 4.77. The Bertz CT molecular complexity index is 391. The maximum absolute atomic E-state index is 11.6. The van der Waals surface area contributed by atoms with Crippen molar-refractivity contribution >= 4 is 23.1 Å². The first kappa shape index (κ1) is 12.6. The van der Waals surface area contributed by atoms with E-state index in [1.165, 1.54) is 0 Å². The van der Waals surface area contributed by atoms with Crippen LogP contribution in [-0.2, 0) is 11.3 Å². The van der Waals surface area contributed by atoms with E-state index in [1.807, 2.05) is 6.92 Å². The number of aryl methyl sites for hydroxylation is 1. The van der Waals surface area contributed by atoms with Crippen LogP contribution in [0.1, 0.15) is 25.1 Å². The van der Waals surface area contributed by atoms with Crippen molar-refractivity contribution in [3.63, 3.8) is 0 Å². The number of thiocarbonyl (C=S) groups is 1. The van der Waals surface area contributed by atoms with Gasteiger partial charge in [-0.3, -0.25) is 4.79 Å². The van der Waals surface area contributed by atoms with Gasteiger partial charge in [0, 0.05) is 6.92 Å². The van der Waals surface area contributed by atoms with E-state index in [2.05, 4.69) is 15.5 Å². The smallest absolute Gasteiger partial charge is 0.230 e. The average molecular weight is 242 g/mol. The number of nitrogens with two attached hydrogens (primary N) is 1. The van der Waals surface area contributed by atoms with Crippen molar-refractivity contribution in [3.8, 4) is 0 Å². The Hall–Kier alpha value is -1.50. The van der Waals surface area contributed by atoms with Gasteiger partial charge >= 0.3 is 0 Å². The van der Waals surface area contributed by atoms with Gasteiger partial charge in [0.05, 0.1) is 17.5 Å². The zero-order valence-corrected chi connectivity index (χ0v) is 10.0. The lowest BCUT2D eigenvalue weighted by Gasteiger charge is -2.11. The summed E-state index contributed by atoms with van der Waals surface area (Å²) in [6.07, 6.45) is 0.576. The summed E-state index contributed by atoms with van der Waals surface area (Å²) >= 11 is 4.79. The quantitative estimate of drug-likeness (QED) is 0.721. The number of hydrogen-bond acceptors (Lipinski definition) is 5. The second kappa shape index (κ2) is 5.55. The molecule has 0 fully saturated rings. The molecule has 88 valence electrons. The highest BCUT2D eigenvalue weighted by Crippen LogP contribution is 2.03. The van der Waals surface area contributed by atoms with Crippen LogP contribution in [0, 0.1) is 12.8 Å². The Kier molecular flexibility index (Phi) is 4.36. The number of hydrogen-bond donors (Lipinski definition) is 2. The Labute approximate surface area is 98.6 Å². The standard InChI is InChI=1S/C9H14N4O2S/c1-3-6(8(10)16)9(14)11-4-7-12-5(2)15-13-7/h6H,3-4H2,1-2H3,(H2,10,16)(H,11,14). The molecular formula is C9H14N4O2S. The van der Waals surface area contributed by atoms with Crippen LogP contribution in [0.25, 0.3) is 0 Å². The molecule has 1 atom stereocenters. The Morgan fingerprint density at radius 1 is 1.69 bits per heavy atom. The van der Waals surface area contributed by atoms with E-state index in [0.29, 0.717) is 18.1 Å². The van der Waals surface area contributed by atoms with Crippen LogP contribution in [0.4, 0.5) is 0 Å². The molecule has 1 unspecified atom stereocenters. The first-order chi connectivity index (χ1) is 7.54. The number of nitrogens with one attached hydrogen (secondary N) is 1. The summed E-state index contributed by atoms with van der Waals surface area (Å²) in [6, 6.07) is 0. The Morgan fingerprint density at radius 2 is 2.38 bits per heavy atom. The molecular weight excluding hydrogens is 228 g/mol. The minimum absolute atomic E-state index is 0.198. The van der Waals surface area contributed by atoms with Crippen LogP contribution >= 0.6 is 12.2 Å². The van der Waals surface area contributed by atoms with E-state index < -0.39 is 5.92 Å². The van der Waals surface area contributed by atoms with Gasteiger partial charge in [-0.25, -0.2) is 0 Å². The highest BCUT2D eigenvalue weighted by Gasteiger charge is 2.19. The lowest BCUT2D eigenvalue weighted by atomic mass is 10.1. The largest absolute Gasteiger partial charge is 0.393 e. The summed E-state index contributed by atoms with van der Waals surface area (Å²) in [5.74, 6) is 0.245. The van der Waals surface area contributed by atoms with Crippen LogP contribution < -0.4 is 11.1 Å². The van der Waals surface area contributed by atoms with E-state index in [0.717, 1.165) is 0 Å². The summed E-state index contributed by atoms with van der Waals surface area (Å²) in [4.78, 5) is 15.8. The summed E-state index contributed by atoms with van der Waals surface area (Å²) in [6.45, 7) is 3.75. The lowest BCUT2D eigenvalue weighted by molar-refractivity contribution is -0.123. The summed E-state index contributed by atoms with van der Waals surface area (Å²) in [7, 11) is 0. The molecule has 3 N–H and O–H groups in total. The molecule has 0 saturated heterocycles. The first-order valence-corrected chi connectivity index (χ1v) is 5.31. The van der Waals surface area contributed by atoms with Gasteiger partial charge in [-0.15, -0.1) is 0 Å². The highest BCUT2D eigenvalue weighted by atomic mass is 32.1. The third-order valence-electron chi connectivity index (χ3n) is 2.06. The van der Waals surface area contributed by atoms with Gasteiger partial charge in [0.2, 0.25) is 11.8 Å². The fraction of sp³-hybridized carbons (Fsp3) is 0.556. The maximum Gasteiger partial charge on any atom is 0.230 e. The molecule has 0 bridgehead atoms. The summed E-state index contributed by atoms with van der Waals surface area (Å²) in [5.41, 5.74) is 5.44. The molecule has 0 radical (unpaired) electrons. The molecule has 0 saturated carbocycles. The van der Waals surface area contributed by atoms with Crippen molar-refractivity contribution in [2.75, 3.05) is 0 Å². The molecule has 0 aromatic carbocycles. The number of carbonyl (C=O) groups is 1.